The number of aromatic nitrogens is 1. The number of nitrogens with zero attached hydrogens (tertiary/aromatic N) is 2. The highest BCUT2D eigenvalue weighted by atomic mass is 16.3. The van der Waals surface area contributed by atoms with E-state index in [0.29, 0.717) is 5.76 Å². The molecular formula is C23H31N3O4. The van der Waals surface area contributed by atoms with Gasteiger partial charge in [0.2, 0.25) is 5.43 Å². The first-order valence-electron chi connectivity index (χ1n) is 10.7. The van der Waals surface area contributed by atoms with Gasteiger partial charge in [-0.15, -0.1) is 0 Å². The largest absolute Gasteiger partial charge is 0.467 e. The number of pyridine rings is 1. The summed E-state index contributed by atoms with van der Waals surface area (Å²) in [7, 11) is 1.75. The number of rotatable bonds is 6. The van der Waals surface area contributed by atoms with Crippen LogP contribution in [0.15, 0.2) is 40.0 Å². The predicted molar refractivity (Wildman–Crippen MR) is 115 cm³/mol. The minimum Gasteiger partial charge on any atom is -0.467 e. The summed E-state index contributed by atoms with van der Waals surface area (Å²) in [5.41, 5.74) is -0.538. The minimum atomic E-state index is -0.538. The highest BCUT2D eigenvalue weighted by molar-refractivity contribution is 5.99. The number of hydrogen-bond acceptors (Lipinski definition) is 4. The maximum Gasteiger partial charge on any atom is 0.259 e. The van der Waals surface area contributed by atoms with Crippen molar-refractivity contribution in [2.24, 2.45) is 0 Å². The lowest BCUT2D eigenvalue weighted by atomic mass is 9.94. The second-order valence-electron chi connectivity index (χ2n) is 8.37. The number of furan rings is 1. The zero-order valence-corrected chi connectivity index (χ0v) is 18.2. The van der Waals surface area contributed by atoms with Crippen LogP contribution in [-0.4, -0.2) is 34.4 Å². The summed E-state index contributed by atoms with van der Waals surface area (Å²) in [4.78, 5) is 40.9. The molecule has 0 bridgehead atoms. The quantitative estimate of drug-likeness (QED) is 0.778. The molecule has 30 heavy (non-hydrogen) atoms. The van der Waals surface area contributed by atoms with Crippen molar-refractivity contribution in [3.63, 3.8) is 0 Å². The molecular weight excluding hydrogens is 382 g/mol. The highest BCUT2D eigenvalue weighted by Crippen LogP contribution is 2.23. The standard InChI is InChI=1S/C23H31N3O4/c1-15(2)26-13-18(22(28)24-16(3)20-11-8-12-30-20)21(27)19(14-26)23(29)25(4)17-9-6-5-7-10-17/h8,11-17H,5-7,9-10H2,1-4H3,(H,24,28)/t16-/m1/s1. The fourth-order valence-corrected chi connectivity index (χ4v) is 3.92. The Morgan fingerprint density at radius 2 is 1.80 bits per heavy atom. The SMILES string of the molecule is CC(C)n1cc(C(=O)N[C@H](C)c2ccco2)c(=O)c(C(=O)N(C)C2CCCCC2)c1. The molecule has 1 aliphatic carbocycles. The van der Waals surface area contributed by atoms with E-state index in [4.69, 9.17) is 4.42 Å². The Bertz CT molecular complexity index is 940. The van der Waals surface area contributed by atoms with Crippen LogP contribution in [0.5, 0.6) is 0 Å². The maximum absolute atomic E-state index is 13.2. The van der Waals surface area contributed by atoms with Crippen molar-refractivity contribution in [3.05, 3.63) is 57.9 Å². The Labute approximate surface area is 177 Å². The van der Waals surface area contributed by atoms with Gasteiger partial charge < -0.3 is 19.2 Å². The Hall–Kier alpha value is -2.83. The van der Waals surface area contributed by atoms with Gasteiger partial charge in [-0.25, -0.2) is 0 Å². The van der Waals surface area contributed by atoms with Gasteiger partial charge in [0.15, 0.2) is 0 Å². The van der Waals surface area contributed by atoms with E-state index < -0.39 is 17.4 Å². The number of hydrogen-bond donors (Lipinski definition) is 1. The van der Waals surface area contributed by atoms with Crippen molar-refractivity contribution in [3.8, 4) is 0 Å². The van der Waals surface area contributed by atoms with E-state index in [1.807, 2.05) is 13.8 Å². The zero-order valence-electron chi connectivity index (χ0n) is 18.2. The molecule has 0 aliphatic heterocycles. The van der Waals surface area contributed by atoms with Crippen LogP contribution in [-0.2, 0) is 0 Å². The Morgan fingerprint density at radius 3 is 2.40 bits per heavy atom. The Balaban J connectivity index is 1.92. The molecule has 162 valence electrons. The molecule has 2 heterocycles. The van der Waals surface area contributed by atoms with E-state index >= 15 is 0 Å². The molecule has 0 radical (unpaired) electrons. The van der Waals surface area contributed by atoms with Crippen molar-refractivity contribution in [1.29, 1.82) is 0 Å². The van der Waals surface area contributed by atoms with E-state index in [0.717, 1.165) is 25.7 Å². The smallest absolute Gasteiger partial charge is 0.259 e. The molecule has 3 rings (SSSR count). The van der Waals surface area contributed by atoms with E-state index in [2.05, 4.69) is 5.32 Å². The molecule has 0 saturated heterocycles. The van der Waals surface area contributed by atoms with Gasteiger partial charge in [0.1, 0.15) is 16.9 Å². The Morgan fingerprint density at radius 1 is 1.13 bits per heavy atom. The molecule has 1 fully saturated rings. The van der Waals surface area contributed by atoms with Gasteiger partial charge >= 0.3 is 0 Å². The molecule has 1 saturated carbocycles. The number of nitrogens with one attached hydrogen (secondary N) is 1. The van der Waals surface area contributed by atoms with Gasteiger partial charge in [0.25, 0.3) is 11.8 Å². The minimum absolute atomic E-state index is 0.00816. The van der Waals surface area contributed by atoms with Crippen LogP contribution in [0.4, 0.5) is 0 Å². The predicted octanol–water partition coefficient (Wildman–Crippen LogP) is 3.92. The van der Waals surface area contributed by atoms with Crippen molar-refractivity contribution >= 4 is 11.8 Å². The normalized spacial score (nSPS) is 15.8. The summed E-state index contributed by atoms with van der Waals surface area (Å²) >= 11 is 0. The van der Waals surface area contributed by atoms with Crippen LogP contribution < -0.4 is 10.7 Å². The molecule has 7 heteroatoms. The van der Waals surface area contributed by atoms with Gasteiger partial charge in [-0.2, -0.15) is 0 Å². The third kappa shape index (κ3) is 4.66. The number of amides is 2. The first-order valence-corrected chi connectivity index (χ1v) is 10.7. The van der Waals surface area contributed by atoms with Crippen LogP contribution >= 0.6 is 0 Å². The van der Waals surface area contributed by atoms with Crippen molar-refractivity contribution < 1.29 is 14.0 Å². The molecule has 2 aromatic heterocycles. The van der Waals surface area contributed by atoms with Gasteiger partial charge in [0.05, 0.1) is 12.3 Å². The summed E-state index contributed by atoms with van der Waals surface area (Å²) in [5.74, 6) is -0.250. The first-order chi connectivity index (χ1) is 14.3. The molecule has 0 spiro atoms. The van der Waals surface area contributed by atoms with Crippen LogP contribution in [0.25, 0.3) is 0 Å². The second-order valence-corrected chi connectivity index (χ2v) is 8.37. The average Bonchev–Trinajstić information content (AvgIpc) is 3.28. The molecule has 1 aliphatic rings. The van der Waals surface area contributed by atoms with Gasteiger partial charge in [-0.05, 0) is 45.7 Å². The van der Waals surface area contributed by atoms with Crippen LogP contribution in [0.1, 0.15) is 91.4 Å². The first kappa shape index (κ1) is 21.9. The van der Waals surface area contributed by atoms with Crippen molar-refractivity contribution in [1.82, 2.24) is 14.8 Å². The lowest BCUT2D eigenvalue weighted by molar-refractivity contribution is 0.0694. The summed E-state index contributed by atoms with van der Waals surface area (Å²) in [6.07, 6.45) is 9.88. The van der Waals surface area contributed by atoms with Gasteiger partial charge in [-0.3, -0.25) is 14.4 Å². The molecule has 7 nitrogen and oxygen atoms in total. The lowest BCUT2D eigenvalue weighted by Gasteiger charge is -2.31. The average molecular weight is 414 g/mol. The number of carbonyl (C=O) groups excluding carboxylic acids is 2. The summed E-state index contributed by atoms with van der Waals surface area (Å²) in [6.45, 7) is 5.66. The maximum atomic E-state index is 13.2. The third-order valence-corrected chi connectivity index (χ3v) is 5.88. The summed E-state index contributed by atoms with van der Waals surface area (Å²) < 4.78 is 7.07. The van der Waals surface area contributed by atoms with E-state index in [-0.39, 0.29) is 29.1 Å². The van der Waals surface area contributed by atoms with Gasteiger partial charge in [0, 0.05) is 31.5 Å². The van der Waals surface area contributed by atoms with E-state index in [9.17, 15) is 14.4 Å². The molecule has 1 atom stereocenters. The fraction of sp³-hybridized carbons (Fsp3) is 0.522. The molecule has 1 N–H and O–H groups in total. The third-order valence-electron chi connectivity index (χ3n) is 5.88. The lowest BCUT2D eigenvalue weighted by Crippen LogP contribution is -2.42. The molecule has 2 amide bonds. The van der Waals surface area contributed by atoms with Crippen LogP contribution in [0.2, 0.25) is 0 Å². The van der Waals surface area contributed by atoms with E-state index in [1.54, 1.807) is 41.8 Å². The monoisotopic (exact) mass is 413 g/mol. The van der Waals surface area contributed by atoms with Gasteiger partial charge in [-0.1, -0.05) is 19.3 Å². The second kappa shape index (κ2) is 9.32. The van der Waals surface area contributed by atoms with Crippen LogP contribution in [0.3, 0.4) is 0 Å². The highest BCUT2D eigenvalue weighted by Gasteiger charge is 2.27. The summed E-state index contributed by atoms with van der Waals surface area (Å²) in [5, 5.41) is 2.79. The molecule has 2 aromatic rings. The molecule has 0 unspecified atom stereocenters. The van der Waals surface area contributed by atoms with E-state index in [1.165, 1.54) is 18.9 Å². The van der Waals surface area contributed by atoms with Crippen molar-refractivity contribution in [2.45, 2.75) is 71.0 Å². The Kier molecular flexibility index (Phi) is 6.80. The summed E-state index contributed by atoms with van der Waals surface area (Å²) in [6, 6.07) is 3.23. The van der Waals surface area contributed by atoms with Crippen LogP contribution in [0, 0.1) is 0 Å². The topological polar surface area (TPSA) is 84.5 Å². The fourth-order valence-electron chi connectivity index (χ4n) is 3.92. The number of carbonyl (C=O) groups is 2. The van der Waals surface area contributed by atoms with Crippen molar-refractivity contribution in [2.75, 3.05) is 7.05 Å². The zero-order chi connectivity index (χ0) is 21.8. The molecule has 0 aromatic carbocycles.